The van der Waals surface area contributed by atoms with Gasteiger partial charge in [-0.05, 0) is 6.92 Å². The predicted octanol–water partition coefficient (Wildman–Crippen LogP) is -0.497. The minimum absolute atomic E-state index is 0.380. The minimum atomic E-state index is -1.29. The van der Waals surface area contributed by atoms with Crippen molar-refractivity contribution in [3.05, 3.63) is 11.6 Å². The van der Waals surface area contributed by atoms with E-state index in [-0.39, 0.29) is 5.57 Å². The van der Waals surface area contributed by atoms with Crippen molar-refractivity contribution in [3.8, 4) is 0 Å². The lowest BCUT2D eigenvalue weighted by atomic mass is 10.2. The van der Waals surface area contributed by atoms with Gasteiger partial charge in [0.1, 0.15) is 5.57 Å². The van der Waals surface area contributed by atoms with Crippen LogP contribution in [-0.2, 0) is 9.59 Å². The molecule has 4 heteroatoms. The Labute approximate surface area is 52.0 Å². The largest absolute Gasteiger partial charge is 0.478 e. The number of carboxylic acids is 1. The molecule has 0 aromatic carbocycles. The molecule has 0 heterocycles. The van der Waals surface area contributed by atoms with Crippen LogP contribution in [0.4, 0.5) is 0 Å². The van der Waals surface area contributed by atoms with E-state index in [1.165, 1.54) is 6.92 Å². The summed E-state index contributed by atoms with van der Waals surface area (Å²) >= 11 is 0. The van der Waals surface area contributed by atoms with Crippen molar-refractivity contribution in [1.82, 2.24) is 0 Å². The molecular weight excluding hydrogens is 122 g/mol. The van der Waals surface area contributed by atoms with Crippen molar-refractivity contribution < 1.29 is 14.7 Å². The number of hydrogen-bond acceptors (Lipinski definition) is 2. The van der Waals surface area contributed by atoms with Crippen molar-refractivity contribution >= 4 is 11.9 Å². The summed E-state index contributed by atoms with van der Waals surface area (Å²) in [6, 6.07) is 0. The van der Waals surface area contributed by atoms with Crippen LogP contribution in [0.5, 0.6) is 0 Å². The summed E-state index contributed by atoms with van der Waals surface area (Å²) in [7, 11) is 0. The Kier molecular flexibility index (Phi) is 2.44. The number of allylic oxidation sites excluding steroid dienone is 1. The van der Waals surface area contributed by atoms with E-state index in [2.05, 4.69) is 5.73 Å². The molecule has 0 spiro atoms. The minimum Gasteiger partial charge on any atom is -0.478 e. The number of primary amides is 1. The second-order valence-corrected chi connectivity index (χ2v) is 1.37. The van der Waals surface area contributed by atoms with Crippen molar-refractivity contribution in [2.75, 3.05) is 0 Å². The zero-order chi connectivity index (χ0) is 7.44. The second-order valence-electron chi connectivity index (χ2n) is 1.37. The topological polar surface area (TPSA) is 80.4 Å². The van der Waals surface area contributed by atoms with E-state index in [4.69, 9.17) is 5.11 Å². The van der Waals surface area contributed by atoms with Crippen LogP contribution in [0.2, 0.25) is 0 Å². The zero-order valence-electron chi connectivity index (χ0n) is 4.92. The van der Waals surface area contributed by atoms with Crippen LogP contribution in [0, 0.1) is 0 Å². The number of carbonyl (C=O) groups excluding carboxylic acids is 1. The van der Waals surface area contributed by atoms with Gasteiger partial charge in [-0.2, -0.15) is 0 Å². The number of amides is 1. The van der Waals surface area contributed by atoms with E-state index in [0.29, 0.717) is 0 Å². The van der Waals surface area contributed by atoms with Gasteiger partial charge in [0, 0.05) is 0 Å². The third kappa shape index (κ3) is 1.94. The molecule has 0 aromatic rings. The number of aliphatic carboxylic acids is 1. The van der Waals surface area contributed by atoms with E-state index in [0.717, 1.165) is 6.08 Å². The summed E-state index contributed by atoms with van der Waals surface area (Å²) in [5.74, 6) is -2.20. The first-order valence-corrected chi connectivity index (χ1v) is 2.29. The van der Waals surface area contributed by atoms with E-state index < -0.39 is 11.9 Å². The fraction of sp³-hybridized carbons (Fsp3) is 0.200. The molecule has 3 N–H and O–H groups in total. The molecule has 0 rings (SSSR count). The van der Waals surface area contributed by atoms with Crippen LogP contribution < -0.4 is 5.73 Å². The third-order valence-electron chi connectivity index (χ3n) is 0.785. The fourth-order valence-electron chi connectivity index (χ4n) is 0.371. The fourth-order valence-corrected chi connectivity index (χ4v) is 0.371. The Morgan fingerprint density at radius 1 is 1.56 bits per heavy atom. The van der Waals surface area contributed by atoms with Gasteiger partial charge in [0.05, 0.1) is 0 Å². The van der Waals surface area contributed by atoms with Gasteiger partial charge in [-0.3, -0.25) is 4.79 Å². The summed E-state index contributed by atoms with van der Waals surface area (Å²) in [5.41, 5.74) is 4.28. The smallest absolute Gasteiger partial charge is 0.340 e. The lowest BCUT2D eigenvalue weighted by Gasteiger charge is -1.90. The molecule has 0 aromatic heterocycles. The highest BCUT2D eigenvalue weighted by Gasteiger charge is 2.10. The average Bonchev–Trinajstić information content (AvgIpc) is 1.64. The number of hydrogen-bond donors (Lipinski definition) is 2. The lowest BCUT2D eigenvalue weighted by Crippen LogP contribution is -2.19. The van der Waals surface area contributed by atoms with E-state index in [9.17, 15) is 9.59 Å². The SMILES string of the molecule is C/C=C(\C(N)=O)C(=O)O. The molecule has 0 atom stereocenters. The quantitative estimate of drug-likeness (QED) is 0.299. The van der Waals surface area contributed by atoms with Crippen molar-refractivity contribution in [1.29, 1.82) is 0 Å². The Morgan fingerprint density at radius 2 is 2.00 bits per heavy atom. The van der Waals surface area contributed by atoms with Gasteiger partial charge >= 0.3 is 5.97 Å². The molecule has 0 aliphatic carbocycles. The molecular formula is C5H7NO3. The Balaban J connectivity index is 4.38. The highest BCUT2D eigenvalue weighted by Crippen LogP contribution is 1.90. The molecule has 0 aliphatic heterocycles. The zero-order valence-corrected chi connectivity index (χ0v) is 4.92. The maximum atomic E-state index is 10.1. The highest BCUT2D eigenvalue weighted by molar-refractivity contribution is 6.14. The Morgan fingerprint density at radius 3 is 2.00 bits per heavy atom. The van der Waals surface area contributed by atoms with Crippen LogP contribution >= 0.6 is 0 Å². The van der Waals surface area contributed by atoms with Crippen LogP contribution in [0.3, 0.4) is 0 Å². The molecule has 0 fully saturated rings. The summed E-state index contributed by atoms with van der Waals surface area (Å²) in [6.45, 7) is 1.44. The van der Waals surface area contributed by atoms with Gasteiger partial charge in [-0.1, -0.05) is 6.08 Å². The maximum Gasteiger partial charge on any atom is 0.340 e. The normalized spacial score (nSPS) is 11.0. The molecule has 0 saturated carbocycles. The maximum absolute atomic E-state index is 10.1. The summed E-state index contributed by atoms with van der Waals surface area (Å²) in [6.07, 6.45) is 1.16. The second kappa shape index (κ2) is 2.86. The molecule has 0 bridgehead atoms. The molecule has 0 aliphatic rings. The van der Waals surface area contributed by atoms with Crippen molar-refractivity contribution in [3.63, 3.8) is 0 Å². The third-order valence-corrected chi connectivity index (χ3v) is 0.785. The van der Waals surface area contributed by atoms with Gasteiger partial charge in [-0.25, -0.2) is 4.79 Å². The van der Waals surface area contributed by atoms with Gasteiger partial charge < -0.3 is 10.8 Å². The first-order valence-electron chi connectivity index (χ1n) is 2.29. The Bertz CT molecular complexity index is 155. The van der Waals surface area contributed by atoms with Crippen molar-refractivity contribution in [2.24, 2.45) is 5.73 Å². The molecule has 0 radical (unpaired) electrons. The molecule has 0 saturated heterocycles. The van der Waals surface area contributed by atoms with E-state index >= 15 is 0 Å². The van der Waals surface area contributed by atoms with Crippen LogP contribution in [0.25, 0.3) is 0 Å². The highest BCUT2D eigenvalue weighted by atomic mass is 16.4. The van der Waals surface area contributed by atoms with E-state index in [1.54, 1.807) is 0 Å². The molecule has 9 heavy (non-hydrogen) atoms. The summed E-state index contributed by atoms with van der Waals surface area (Å²) in [5, 5.41) is 8.17. The van der Waals surface area contributed by atoms with Gasteiger partial charge in [0.2, 0.25) is 0 Å². The first-order chi connectivity index (χ1) is 4.09. The van der Waals surface area contributed by atoms with Crippen molar-refractivity contribution in [2.45, 2.75) is 6.92 Å². The Hall–Kier alpha value is -1.32. The van der Waals surface area contributed by atoms with Crippen LogP contribution in [0.1, 0.15) is 6.92 Å². The van der Waals surface area contributed by atoms with E-state index in [1.807, 2.05) is 0 Å². The standard InChI is InChI=1S/C5H7NO3/c1-2-3(4(6)7)5(8)9/h2H,1H3,(H2,6,7)(H,8,9)/b3-2+. The van der Waals surface area contributed by atoms with Crippen LogP contribution in [0.15, 0.2) is 11.6 Å². The number of nitrogens with two attached hydrogens (primary N) is 1. The molecule has 0 unspecified atom stereocenters. The predicted molar refractivity (Wildman–Crippen MR) is 30.6 cm³/mol. The van der Waals surface area contributed by atoms with Gasteiger partial charge in [0.25, 0.3) is 5.91 Å². The van der Waals surface area contributed by atoms with Crippen LogP contribution in [-0.4, -0.2) is 17.0 Å². The average molecular weight is 129 g/mol. The number of carboxylic acid groups (broad SMARTS) is 1. The van der Waals surface area contributed by atoms with Gasteiger partial charge in [-0.15, -0.1) is 0 Å². The lowest BCUT2D eigenvalue weighted by molar-refractivity contribution is -0.134. The number of carbonyl (C=O) groups is 2. The monoisotopic (exact) mass is 129 g/mol. The van der Waals surface area contributed by atoms with Gasteiger partial charge in [0.15, 0.2) is 0 Å². The molecule has 50 valence electrons. The summed E-state index contributed by atoms with van der Waals surface area (Å²) in [4.78, 5) is 20.1. The molecule has 1 amide bonds. The first kappa shape index (κ1) is 7.68. The number of rotatable bonds is 2. The summed E-state index contributed by atoms with van der Waals surface area (Å²) < 4.78 is 0. The molecule has 4 nitrogen and oxygen atoms in total.